The van der Waals surface area contributed by atoms with Gasteiger partial charge in [0.25, 0.3) is 0 Å². The Labute approximate surface area is 352 Å². The zero-order valence-electron chi connectivity index (χ0n) is 34.5. The summed E-state index contributed by atoms with van der Waals surface area (Å²) in [6.45, 7) is 26.6. The second-order valence-electron chi connectivity index (χ2n) is 13.6. The molecule has 3 saturated heterocycles. The normalized spacial score (nSPS) is 22.6. The molecule has 10 N–H and O–H groups in total. The number of allylic oxidation sites excluding steroid dienone is 3. The van der Waals surface area contributed by atoms with Gasteiger partial charge in [-0.2, -0.15) is 0 Å². The number of aliphatic hydroxyl groups is 1. The van der Waals surface area contributed by atoms with E-state index in [2.05, 4.69) is 70.0 Å². The lowest BCUT2D eigenvalue weighted by molar-refractivity contribution is -0.261. The predicted molar refractivity (Wildman–Crippen MR) is 243 cm³/mol. The fourth-order valence-corrected chi connectivity index (χ4v) is 5.56. The van der Waals surface area contributed by atoms with Crippen LogP contribution in [-0.2, 0) is 38.1 Å². The Hall–Kier alpha value is -1.63. The zero-order valence-corrected chi connectivity index (χ0v) is 34.5. The van der Waals surface area contributed by atoms with E-state index in [1.165, 1.54) is 18.4 Å². The summed E-state index contributed by atoms with van der Waals surface area (Å²) in [6, 6.07) is 0. The van der Waals surface area contributed by atoms with Gasteiger partial charge in [0.1, 0.15) is 12.9 Å². The fourth-order valence-electron chi connectivity index (χ4n) is 5.56. The van der Waals surface area contributed by atoms with Crippen LogP contribution in [0.25, 0.3) is 0 Å². The summed E-state index contributed by atoms with van der Waals surface area (Å²) in [5.74, 6) is 1.40. The van der Waals surface area contributed by atoms with Crippen LogP contribution in [0, 0.1) is 11.8 Å². The van der Waals surface area contributed by atoms with Crippen LogP contribution in [0.3, 0.4) is 0 Å². The molecule has 6 atom stereocenters. The molecular formula is C43H99N3O11. The van der Waals surface area contributed by atoms with Gasteiger partial charge >= 0.3 is 0 Å². The van der Waals surface area contributed by atoms with E-state index < -0.39 is 0 Å². The van der Waals surface area contributed by atoms with Crippen molar-refractivity contribution in [2.75, 3.05) is 79.1 Å². The quantitative estimate of drug-likeness (QED) is 0.0331. The number of carbonyl (C=O) groups is 1. The highest BCUT2D eigenvalue weighted by Crippen LogP contribution is 2.33. The molecule has 3 fully saturated rings. The summed E-state index contributed by atoms with van der Waals surface area (Å²) in [5, 5.41) is 19.4. The minimum absolute atomic E-state index is 0. The molecule has 3 aliphatic heterocycles. The summed E-state index contributed by atoms with van der Waals surface area (Å²) in [6.07, 6.45) is 17.0. The SMILES string of the molecule is C.C.C.C.C/C=C\C(C)OO.C1COCCN1.C=O.CC(/C=C/[C@@H]1C[C@H](C)CC(C)(C)O1)=C\C[C@@H]1O[C@H](C)CC[C@@H]1C.N.NCCOCCOCCOCCO.O.[HH]. The molecule has 0 aromatic carbocycles. The van der Waals surface area contributed by atoms with Crippen molar-refractivity contribution in [3.05, 3.63) is 36.0 Å². The Morgan fingerprint density at radius 1 is 0.982 bits per heavy atom. The van der Waals surface area contributed by atoms with Crippen molar-refractivity contribution in [2.45, 2.75) is 147 Å². The lowest BCUT2D eigenvalue weighted by atomic mass is 9.86. The van der Waals surface area contributed by atoms with Gasteiger partial charge in [0.05, 0.1) is 83.4 Å². The van der Waals surface area contributed by atoms with Crippen LogP contribution in [0.2, 0.25) is 0 Å². The predicted octanol–water partition coefficient (Wildman–Crippen LogP) is 7.65. The van der Waals surface area contributed by atoms with Crippen molar-refractivity contribution >= 4 is 6.79 Å². The van der Waals surface area contributed by atoms with Gasteiger partial charge in [0, 0.05) is 21.1 Å². The molecule has 0 radical (unpaired) electrons. The number of rotatable bonds is 16. The molecule has 352 valence electrons. The van der Waals surface area contributed by atoms with E-state index in [1.54, 1.807) is 13.0 Å². The molecule has 0 aliphatic carbocycles. The van der Waals surface area contributed by atoms with Crippen molar-refractivity contribution in [2.24, 2.45) is 17.6 Å². The van der Waals surface area contributed by atoms with Gasteiger partial charge in [-0.05, 0) is 85.5 Å². The molecule has 57 heavy (non-hydrogen) atoms. The number of ether oxygens (including phenoxy) is 6. The molecule has 14 heteroatoms. The average molecular weight is 834 g/mol. The molecule has 0 amide bonds. The number of nitrogens with one attached hydrogen (secondary N) is 1. The largest absolute Gasteiger partial charge is 0.412 e. The van der Waals surface area contributed by atoms with Crippen LogP contribution in [0.15, 0.2) is 36.0 Å². The third kappa shape index (κ3) is 46.9. The van der Waals surface area contributed by atoms with E-state index in [-0.39, 0.29) is 67.2 Å². The van der Waals surface area contributed by atoms with Crippen molar-refractivity contribution in [3.63, 3.8) is 0 Å². The van der Waals surface area contributed by atoms with E-state index in [0.29, 0.717) is 64.3 Å². The Balaban J connectivity index is -0.0000000842. The van der Waals surface area contributed by atoms with Crippen LogP contribution in [0.5, 0.6) is 0 Å². The summed E-state index contributed by atoms with van der Waals surface area (Å²) in [4.78, 5) is 11.9. The van der Waals surface area contributed by atoms with Gasteiger partial charge in [-0.15, -0.1) is 0 Å². The van der Waals surface area contributed by atoms with Crippen LogP contribution in [0.1, 0.15) is 119 Å². The third-order valence-corrected chi connectivity index (χ3v) is 7.98. The standard InChI is InChI=1S/C21H36O2.C8H19NO4.C5H10O2.C4H9NO.CH2O.4CH4.H3N.H2O.H2/c1-15(8-12-20-17(3)9-10-18(4)22-20)7-11-19-13-16(2)14-21(5,6)23-19;9-1-3-11-5-7-13-8-6-12-4-2-10;1-3-4-5(2)7-6;1-3-6-4-2-5-1;1-2;;;;;;;/h7-8,11,16-20H,9-10,12-14H2,1-6H3;10H,1-9H2;3-6H,1-2H3;5H,1-4H2;1H2;4*1H4;1H3;1H2;1H/b11-7+,15-8+;;4-3-;;;;;;;;;/t16-,17-,18+,19+,20-;;;;;;;;;;;/m0.........../s1. The second kappa shape index (κ2) is 50.5. The van der Waals surface area contributed by atoms with Gasteiger partial charge < -0.3 is 61.0 Å². The molecule has 1 unspecified atom stereocenters. The lowest BCUT2D eigenvalue weighted by Gasteiger charge is -2.38. The summed E-state index contributed by atoms with van der Waals surface area (Å²) in [7, 11) is 0. The minimum atomic E-state index is -0.176. The van der Waals surface area contributed by atoms with Crippen molar-refractivity contribution in [1.82, 2.24) is 11.5 Å². The van der Waals surface area contributed by atoms with E-state index in [4.69, 9.17) is 49.3 Å². The Bertz CT molecular complexity index is 848. The number of hydrogen-bond acceptors (Lipinski definition) is 13. The number of nitrogens with two attached hydrogens (primary N) is 1. The Morgan fingerprint density at radius 2 is 1.53 bits per heavy atom. The monoisotopic (exact) mass is 834 g/mol. The van der Waals surface area contributed by atoms with E-state index >= 15 is 0 Å². The molecule has 3 heterocycles. The van der Waals surface area contributed by atoms with Gasteiger partial charge in [-0.3, -0.25) is 5.26 Å². The van der Waals surface area contributed by atoms with Crippen molar-refractivity contribution in [3.8, 4) is 0 Å². The molecule has 14 nitrogen and oxygen atoms in total. The number of hydrogen-bond donors (Lipinski definition) is 5. The molecule has 3 aliphatic rings. The first-order chi connectivity index (χ1) is 24.5. The number of aliphatic hydroxyl groups excluding tert-OH is 1. The molecule has 3 rings (SSSR count). The topological polar surface area (TPSA) is 227 Å². The molecule has 0 bridgehead atoms. The van der Waals surface area contributed by atoms with Gasteiger partial charge in [0.2, 0.25) is 0 Å². The van der Waals surface area contributed by atoms with E-state index in [0.717, 1.165) is 51.5 Å². The highest BCUT2D eigenvalue weighted by atomic mass is 17.1. The van der Waals surface area contributed by atoms with Crippen LogP contribution < -0.4 is 17.2 Å². The fraction of sp³-hybridized carbons (Fsp3) is 0.837. The zero-order chi connectivity index (χ0) is 38.8. The summed E-state index contributed by atoms with van der Waals surface area (Å²) < 4.78 is 32.5. The highest BCUT2D eigenvalue weighted by Gasteiger charge is 2.31. The highest BCUT2D eigenvalue weighted by molar-refractivity contribution is 5.18. The summed E-state index contributed by atoms with van der Waals surface area (Å²) in [5.41, 5.74) is 6.54. The first kappa shape index (κ1) is 72.9. The third-order valence-electron chi connectivity index (χ3n) is 7.98. The van der Waals surface area contributed by atoms with E-state index in [1.807, 2.05) is 19.8 Å². The first-order valence-electron chi connectivity index (χ1n) is 18.7. The Kier molecular flexibility index (Phi) is 64.6. The molecule has 0 saturated carbocycles. The number of carbonyl (C=O) groups excluding carboxylic acids is 1. The van der Waals surface area contributed by atoms with Crippen LogP contribution >= 0.6 is 0 Å². The lowest BCUT2D eigenvalue weighted by Crippen LogP contribution is -2.38. The molecule has 0 aromatic rings. The van der Waals surface area contributed by atoms with Gasteiger partial charge in [-0.25, -0.2) is 4.89 Å². The van der Waals surface area contributed by atoms with Gasteiger partial charge in [-0.1, -0.05) is 79.5 Å². The first-order valence-corrected chi connectivity index (χ1v) is 18.7. The summed E-state index contributed by atoms with van der Waals surface area (Å²) >= 11 is 0. The van der Waals surface area contributed by atoms with Gasteiger partial charge in [0.15, 0.2) is 0 Å². The average Bonchev–Trinajstić information content (AvgIpc) is 3.12. The van der Waals surface area contributed by atoms with Crippen LogP contribution in [-0.4, -0.2) is 132 Å². The second-order valence-corrected chi connectivity index (χ2v) is 13.6. The van der Waals surface area contributed by atoms with E-state index in [9.17, 15) is 0 Å². The minimum Gasteiger partial charge on any atom is -0.412 e. The Morgan fingerprint density at radius 3 is 1.95 bits per heavy atom. The molecule has 0 spiro atoms. The van der Waals surface area contributed by atoms with Crippen molar-refractivity contribution in [1.29, 1.82) is 0 Å². The molecular weight excluding hydrogens is 734 g/mol. The van der Waals surface area contributed by atoms with Crippen LogP contribution in [0.4, 0.5) is 0 Å². The van der Waals surface area contributed by atoms with Crippen molar-refractivity contribution < 1.29 is 55.4 Å². The number of morpholine rings is 1. The maximum Gasteiger partial charge on any atom is 0.108 e. The maximum absolute atomic E-state index is 8.37. The maximum atomic E-state index is 8.37. The smallest absolute Gasteiger partial charge is 0.108 e. The molecule has 0 aromatic heterocycles.